The van der Waals surface area contributed by atoms with Crippen molar-refractivity contribution >= 4 is 5.82 Å². The summed E-state index contributed by atoms with van der Waals surface area (Å²) in [4.78, 5) is 14.5. The lowest BCUT2D eigenvalue weighted by Gasteiger charge is -2.33. The third-order valence-electron chi connectivity index (χ3n) is 3.61. The molecule has 0 bridgehead atoms. The molecular weight excluding hydrogens is 271 g/mol. The fourth-order valence-electron chi connectivity index (χ4n) is 2.53. The Morgan fingerprint density at radius 2 is 2.10 bits per heavy atom. The molecule has 2 aromatic heterocycles. The molecule has 1 fully saturated rings. The monoisotopic (exact) mass is 288 g/mol. The van der Waals surface area contributed by atoms with Gasteiger partial charge in [0, 0.05) is 43.9 Å². The highest BCUT2D eigenvalue weighted by Crippen LogP contribution is 2.23. The lowest BCUT2D eigenvalue weighted by atomic mass is 10.1. The summed E-state index contributed by atoms with van der Waals surface area (Å²) in [6, 6.07) is 2.92. The number of hydrogen-bond acceptors (Lipinski definition) is 5. The summed E-state index contributed by atoms with van der Waals surface area (Å²) in [5.74, 6) is 0.646. The number of rotatable bonds is 3. The number of halogens is 1. The quantitative estimate of drug-likeness (QED) is 0.868. The molecule has 0 unspecified atom stereocenters. The van der Waals surface area contributed by atoms with Gasteiger partial charge < -0.3 is 9.64 Å². The fourth-order valence-corrected chi connectivity index (χ4v) is 2.53. The number of anilines is 1. The molecule has 0 amide bonds. The second kappa shape index (κ2) is 6.03. The van der Waals surface area contributed by atoms with Gasteiger partial charge in [0.15, 0.2) is 5.82 Å². The summed E-state index contributed by atoms with van der Waals surface area (Å²) in [5.41, 5.74) is 1.06. The SMILES string of the molecule is Cc1cncnc1N1CCC(Oc2ncccc2F)CC1. The molecule has 0 atom stereocenters. The zero-order chi connectivity index (χ0) is 14.7. The van der Waals surface area contributed by atoms with Crippen LogP contribution in [0.5, 0.6) is 5.88 Å². The Bertz CT molecular complexity index is 614. The number of pyridine rings is 1. The van der Waals surface area contributed by atoms with E-state index in [1.165, 1.54) is 12.3 Å². The Kier molecular flexibility index (Phi) is 3.94. The number of piperidine rings is 1. The van der Waals surface area contributed by atoms with Crippen LogP contribution in [0.2, 0.25) is 0 Å². The normalized spacial score (nSPS) is 16.0. The molecule has 1 aliphatic heterocycles. The van der Waals surface area contributed by atoms with E-state index in [-0.39, 0.29) is 12.0 Å². The summed E-state index contributed by atoms with van der Waals surface area (Å²) in [7, 11) is 0. The first-order valence-electron chi connectivity index (χ1n) is 7.03. The maximum Gasteiger partial charge on any atom is 0.250 e. The highest BCUT2D eigenvalue weighted by Gasteiger charge is 2.23. The van der Waals surface area contributed by atoms with Crippen LogP contribution in [0.15, 0.2) is 30.9 Å². The predicted octanol–water partition coefficient (Wildman–Crippen LogP) is 2.37. The molecule has 0 N–H and O–H groups in total. The van der Waals surface area contributed by atoms with E-state index in [0.29, 0.717) is 0 Å². The number of aromatic nitrogens is 3. The summed E-state index contributed by atoms with van der Waals surface area (Å²) in [5, 5.41) is 0. The van der Waals surface area contributed by atoms with E-state index < -0.39 is 5.82 Å². The topological polar surface area (TPSA) is 51.1 Å². The van der Waals surface area contributed by atoms with E-state index in [4.69, 9.17) is 4.74 Å². The second-order valence-corrected chi connectivity index (χ2v) is 5.12. The van der Waals surface area contributed by atoms with Crippen LogP contribution < -0.4 is 9.64 Å². The molecule has 6 heteroatoms. The van der Waals surface area contributed by atoms with Gasteiger partial charge in [-0.1, -0.05) is 0 Å². The summed E-state index contributed by atoms with van der Waals surface area (Å²) >= 11 is 0. The van der Waals surface area contributed by atoms with E-state index in [0.717, 1.165) is 37.3 Å². The average Bonchev–Trinajstić information content (AvgIpc) is 2.51. The number of nitrogens with zero attached hydrogens (tertiary/aromatic N) is 4. The third kappa shape index (κ3) is 3.09. The van der Waals surface area contributed by atoms with Crippen molar-refractivity contribution in [1.29, 1.82) is 0 Å². The smallest absolute Gasteiger partial charge is 0.250 e. The molecule has 0 aromatic carbocycles. The number of aryl methyl sites for hydroxylation is 1. The largest absolute Gasteiger partial charge is 0.472 e. The van der Waals surface area contributed by atoms with E-state index in [9.17, 15) is 4.39 Å². The summed E-state index contributed by atoms with van der Waals surface area (Å²) in [6.45, 7) is 3.66. The molecule has 0 aliphatic carbocycles. The predicted molar refractivity (Wildman–Crippen MR) is 76.8 cm³/mol. The Balaban J connectivity index is 1.61. The van der Waals surface area contributed by atoms with Crippen molar-refractivity contribution in [3.63, 3.8) is 0 Å². The van der Waals surface area contributed by atoms with Gasteiger partial charge in [-0.05, 0) is 19.1 Å². The Hall–Kier alpha value is -2.24. The highest BCUT2D eigenvalue weighted by molar-refractivity contribution is 5.44. The van der Waals surface area contributed by atoms with Crippen LogP contribution in [0, 0.1) is 12.7 Å². The average molecular weight is 288 g/mol. The molecule has 3 rings (SSSR count). The first kappa shape index (κ1) is 13.7. The molecule has 21 heavy (non-hydrogen) atoms. The van der Waals surface area contributed by atoms with Gasteiger partial charge in [0.25, 0.3) is 5.88 Å². The van der Waals surface area contributed by atoms with E-state index >= 15 is 0 Å². The van der Waals surface area contributed by atoms with Crippen LogP contribution in [-0.4, -0.2) is 34.1 Å². The minimum atomic E-state index is -0.411. The number of ether oxygens (including phenoxy) is 1. The van der Waals surface area contributed by atoms with Crippen LogP contribution in [-0.2, 0) is 0 Å². The molecule has 0 spiro atoms. The highest BCUT2D eigenvalue weighted by atomic mass is 19.1. The van der Waals surface area contributed by atoms with Crippen molar-refractivity contribution in [3.8, 4) is 5.88 Å². The van der Waals surface area contributed by atoms with Crippen molar-refractivity contribution in [2.75, 3.05) is 18.0 Å². The Morgan fingerprint density at radius 1 is 1.29 bits per heavy atom. The minimum Gasteiger partial charge on any atom is -0.472 e. The van der Waals surface area contributed by atoms with Crippen LogP contribution in [0.3, 0.4) is 0 Å². The minimum absolute atomic E-state index is 0.00667. The summed E-state index contributed by atoms with van der Waals surface area (Å²) < 4.78 is 19.2. The van der Waals surface area contributed by atoms with Crippen LogP contribution >= 0.6 is 0 Å². The van der Waals surface area contributed by atoms with Gasteiger partial charge in [-0.3, -0.25) is 0 Å². The maximum atomic E-state index is 13.5. The molecule has 3 heterocycles. The van der Waals surface area contributed by atoms with Crippen molar-refractivity contribution in [2.24, 2.45) is 0 Å². The molecule has 0 saturated carbocycles. The lowest BCUT2D eigenvalue weighted by molar-refractivity contribution is 0.156. The van der Waals surface area contributed by atoms with Gasteiger partial charge in [0.1, 0.15) is 18.2 Å². The molecular formula is C15H17FN4O. The van der Waals surface area contributed by atoms with Crippen molar-refractivity contribution < 1.29 is 9.13 Å². The van der Waals surface area contributed by atoms with Crippen molar-refractivity contribution in [2.45, 2.75) is 25.9 Å². The van der Waals surface area contributed by atoms with Gasteiger partial charge in [-0.25, -0.2) is 19.3 Å². The summed E-state index contributed by atoms with van der Waals surface area (Å²) in [6.07, 6.45) is 6.55. The van der Waals surface area contributed by atoms with Gasteiger partial charge in [-0.2, -0.15) is 0 Å². The van der Waals surface area contributed by atoms with Gasteiger partial charge in [0.2, 0.25) is 0 Å². The first-order valence-corrected chi connectivity index (χ1v) is 7.03. The maximum absolute atomic E-state index is 13.5. The molecule has 1 aliphatic rings. The van der Waals surface area contributed by atoms with E-state index in [1.807, 2.05) is 13.1 Å². The Morgan fingerprint density at radius 3 is 2.81 bits per heavy atom. The molecule has 0 radical (unpaired) electrons. The Labute approximate surface area is 122 Å². The zero-order valence-corrected chi connectivity index (χ0v) is 11.9. The van der Waals surface area contributed by atoms with Gasteiger partial charge in [0.05, 0.1) is 0 Å². The van der Waals surface area contributed by atoms with Crippen LogP contribution in [0.4, 0.5) is 10.2 Å². The van der Waals surface area contributed by atoms with E-state index in [1.54, 1.807) is 12.4 Å². The molecule has 5 nitrogen and oxygen atoms in total. The molecule has 2 aromatic rings. The third-order valence-corrected chi connectivity index (χ3v) is 3.61. The molecule has 1 saturated heterocycles. The first-order chi connectivity index (χ1) is 10.2. The number of hydrogen-bond donors (Lipinski definition) is 0. The van der Waals surface area contributed by atoms with E-state index in [2.05, 4.69) is 19.9 Å². The van der Waals surface area contributed by atoms with Crippen molar-refractivity contribution in [3.05, 3.63) is 42.2 Å². The fraction of sp³-hybridized carbons (Fsp3) is 0.400. The standard InChI is InChI=1S/C15H17FN4O/c1-11-9-17-10-19-14(11)20-7-4-12(5-8-20)21-15-13(16)3-2-6-18-15/h2-3,6,9-10,12H,4-5,7-8H2,1H3. The van der Waals surface area contributed by atoms with Crippen LogP contribution in [0.1, 0.15) is 18.4 Å². The molecule has 110 valence electrons. The van der Waals surface area contributed by atoms with Gasteiger partial charge in [-0.15, -0.1) is 0 Å². The lowest BCUT2D eigenvalue weighted by Crippen LogP contribution is -2.39. The van der Waals surface area contributed by atoms with Crippen LogP contribution in [0.25, 0.3) is 0 Å². The zero-order valence-electron chi connectivity index (χ0n) is 11.9. The van der Waals surface area contributed by atoms with Crippen molar-refractivity contribution in [1.82, 2.24) is 15.0 Å². The van der Waals surface area contributed by atoms with Gasteiger partial charge >= 0.3 is 0 Å². The second-order valence-electron chi connectivity index (χ2n) is 5.12.